The van der Waals surface area contributed by atoms with E-state index < -0.39 is 5.54 Å². The van der Waals surface area contributed by atoms with Crippen molar-refractivity contribution >= 4 is 15.9 Å². The van der Waals surface area contributed by atoms with Crippen LogP contribution in [0.15, 0.2) is 25.9 Å². The first-order valence-corrected chi connectivity index (χ1v) is 7.24. The molecule has 1 aliphatic rings. The van der Waals surface area contributed by atoms with E-state index in [1.54, 1.807) is 12.3 Å². The topological polar surface area (TPSA) is 78.1 Å². The van der Waals surface area contributed by atoms with E-state index in [0.29, 0.717) is 22.3 Å². The molecule has 2 unspecified atom stereocenters. The van der Waals surface area contributed by atoms with E-state index in [1.807, 2.05) is 0 Å². The van der Waals surface area contributed by atoms with Gasteiger partial charge in [-0.2, -0.15) is 4.98 Å². The van der Waals surface area contributed by atoms with Crippen LogP contribution < -0.4 is 5.73 Å². The first kappa shape index (κ1) is 12.9. The number of halogens is 1. The summed E-state index contributed by atoms with van der Waals surface area (Å²) < 4.78 is 11.1. The maximum atomic E-state index is 6.46. The van der Waals surface area contributed by atoms with Gasteiger partial charge in [0.25, 0.3) is 5.89 Å². The van der Waals surface area contributed by atoms with Gasteiger partial charge in [-0.05, 0) is 40.8 Å². The van der Waals surface area contributed by atoms with Gasteiger partial charge in [0.1, 0.15) is 0 Å². The molecular weight excluding hydrogens is 310 g/mol. The van der Waals surface area contributed by atoms with Gasteiger partial charge in [-0.1, -0.05) is 24.9 Å². The zero-order chi connectivity index (χ0) is 13.5. The van der Waals surface area contributed by atoms with Gasteiger partial charge in [-0.25, -0.2) is 0 Å². The molecule has 1 aliphatic carbocycles. The summed E-state index contributed by atoms with van der Waals surface area (Å²) in [6.45, 7) is 2.22. The molecule has 19 heavy (non-hydrogen) atoms. The molecule has 0 amide bonds. The molecule has 2 N–H and O–H groups in total. The molecule has 0 aliphatic heterocycles. The summed E-state index contributed by atoms with van der Waals surface area (Å²) in [6.07, 6.45) is 5.71. The molecule has 0 radical (unpaired) electrons. The first-order chi connectivity index (χ1) is 9.08. The van der Waals surface area contributed by atoms with Crippen LogP contribution in [0.3, 0.4) is 0 Å². The summed E-state index contributed by atoms with van der Waals surface area (Å²) in [4.78, 5) is 4.45. The standard InChI is InChI=1S/C13H16BrN3O2/c1-8-3-2-5-13(15,7-8)12-16-11(19-17-12)9-4-6-18-10(9)14/h4,6,8H,2-3,5,7,15H2,1H3. The van der Waals surface area contributed by atoms with E-state index in [4.69, 9.17) is 14.7 Å². The molecule has 2 heterocycles. The Labute approximate surface area is 119 Å². The van der Waals surface area contributed by atoms with E-state index in [2.05, 4.69) is 33.0 Å². The highest BCUT2D eigenvalue weighted by Gasteiger charge is 2.37. The third kappa shape index (κ3) is 2.34. The quantitative estimate of drug-likeness (QED) is 0.914. The van der Waals surface area contributed by atoms with Crippen molar-refractivity contribution in [1.82, 2.24) is 10.1 Å². The molecule has 5 nitrogen and oxygen atoms in total. The average Bonchev–Trinajstić information content (AvgIpc) is 2.96. The summed E-state index contributed by atoms with van der Waals surface area (Å²) in [6, 6.07) is 1.79. The lowest BCUT2D eigenvalue weighted by Crippen LogP contribution is -2.42. The second kappa shape index (κ2) is 4.76. The van der Waals surface area contributed by atoms with Crippen molar-refractivity contribution < 1.29 is 8.94 Å². The zero-order valence-corrected chi connectivity index (χ0v) is 12.3. The van der Waals surface area contributed by atoms with Gasteiger partial charge in [0.05, 0.1) is 17.4 Å². The van der Waals surface area contributed by atoms with Crippen LogP contribution in [0.25, 0.3) is 11.5 Å². The third-order valence-corrected chi connectivity index (χ3v) is 4.37. The monoisotopic (exact) mass is 325 g/mol. The number of hydrogen-bond donors (Lipinski definition) is 1. The van der Waals surface area contributed by atoms with Crippen LogP contribution in [0.5, 0.6) is 0 Å². The molecule has 2 aromatic heterocycles. The predicted molar refractivity (Wildman–Crippen MR) is 73.2 cm³/mol. The van der Waals surface area contributed by atoms with Gasteiger partial charge >= 0.3 is 0 Å². The molecule has 2 atom stereocenters. The lowest BCUT2D eigenvalue weighted by molar-refractivity contribution is 0.222. The van der Waals surface area contributed by atoms with E-state index in [1.165, 1.54) is 6.42 Å². The molecule has 2 aromatic rings. The van der Waals surface area contributed by atoms with Gasteiger partial charge in [0, 0.05) is 0 Å². The van der Waals surface area contributed by atoms with Crippen LogP contribution in [-0.2, 0) is 5.54 Å². The maximum absolute atomic E-state index is 6.46. The van der Waals surface area contributed by atoms with Crippen LogP contribution in [0, 0.1) is 5.92 Å². The minimum absolute atomic E-state index is 0.443. The number of nitrogens with zero attached hydrogens (tertiary/aromatic N) is 2. The van der Waals surface area contributed by atoms with Crippen LogP contribution in [0.4, 0.5) is 0 Å². The van der Waals surface area contributed by atoms with Crippen molar-refractivity contribution in [1.29, 1.82) is 0 Å². The Morgan fingerprint density at radius 1 is 1.53 bits per heavy atom. The number of hydrogen-bond acceptors (Lipinski definition) is 5. The molecule has 102 valence electrons. The summed E-state index contributed by atoms with van der Waals surface area (Å²) in [7, 11) is 0. The second-order valence-electron chi connectivity index (χ2n) is 5.39. The fourth-order valence-electron chi connectivity index (χ4n) is 2.78. The molecule has 3 rings (SSSR count). The van der Waals surface area contributed by atoms with Crippen molar-refractivity contribution in [3.05, 3.63) is 22.8 Å². The van der Waals surface area contributed by atoms with Gasteiger partial charge in [0.2, 0.25) is 0 Å². The average molecular weight is 326 g/mol. The van der Waals surface area contributed by atoms with Gasteiger partial charge in [0.15, 0.2) is 10.5 Å². The summed E-state index contributed by atoms with van der Waals surface area (Å²) >= 11 is 3.31. The highest BCUT2D eigenvalue weighted by Crippen LogP contribution is 2.37. The van der Waals surface area contributed by atoms with Crippen LogP contribution in [0.2, 0.25) is 0 Å². The van der Waals surface area contributed by atoms with Gasteiger partial charge in [-0.3, -0.25) is 0 Å². The fourth-order valence-corrected chi connectivity index (χ4v) is 3.19. The highest BCUT2D eigenvalue weighted by atomic mass is 79.9. The maximum Gasteiger partial charge on any atom is 0.262 e. The highest BCUT2D eigenvalue weighted by molar-refractivity contribution is 9.10. The molecule has 0 spiro atoms. The Balaban J connectivity index is 1.91. The molecule has 1 fully saturated rings. The number of aromatic nitrogens is 2. The second-order valence-corrected chi connectivity index (χ2v) is 6.11. The van der Waals surface area contributed by atoms with Crippen molar-refractivity contribution in [3.63, 3.8) is 0 Å². The Morgan fingerprint density at radius 3 is 3.05 bits per heavy atom. The van der Waals surface area contributed by atoms with Crippen LogP contribution in [-0.4, -0.2) is 10.1 Å². The zero-order valence-electron chi connectivity index (χ0n) is 10.7. The third-order valence-electron chi connectivity index (χ3n) is 3.75. The van der Waals surface area contributed by atoms with Gasteiger partial charge < -0.3 is 14.7 Å². The number of furan rings is 1. The number of rotatable bonds is 2. The molecular formula is C13H16BrN3O2. The van der Waals surface area contributed by atoms with Gasteiger partial charge in [-0.15, -0.1) is 0 Å². The van der Waals surface area contributed by atoms with Crippen molar-refractivity contribution in [3.8, 4) is 11.5 Å². The fraction of sp³-hybridized carbons (Fsp3) is 0.538. The molecule has 6 heteroatoms. The Bertz CT molecular complexity index is 580. The van der Waals surface area contributed by atoms with Crippen LogP contribution in [0.1, 0.15) is 38.4 Å². The SMILES string of the molecule is CC1CCCC(N)(c2noc(-c3ccoc3Br)n2)C1. The molecule has 0 saturated heterocycles. The molecule has 1 saturated carbocycles. The van der Waals surface area contributed by atoms with E-state index in [0.717, 1.165) is 24.8 Å². The van der Waals surface area contributed by atoms with E-state index in [9.17, 15) is 0 Å². The molecule has 0 aromatic carbocycles. The van der Waals surface area contributed by atoms with E-state index >= 15 is 0 Å². The Morgan fingerprint density at radius 2 is 2.37 bits per heavy atom. The lowest BCUT2D eigenvalue weighted by atomic mass is 9.76. The normalized spacial score (nSPS) is 27.6. The van der Waals surface area contributed by atoms with E-state index in [-0.39, 0.29) is 0 Å². The number of nitrogens with two attached hydrogens (primary N) is 1. The van der Waals surface area contributed by atoms with Crippen molar-refractivity contribution in [2.24, 2.45) is 11.7 Å². The first-order valence-electron chi connectivity index (χ1n) is 6.45. The summed E-state index contributed by atoms with van der Waals surface area (Å²) in [5.41, 5.74) is 6.75. The van der Waals surface area contributed by atoms with Crippen molar-refractivity contribution in [2.45, 2.75) is 38.1 Å². The summed E-state index contributed by atoms with van der Waals surface area (Å²) in [5, 5.41) is 4.07. The summed E-state index contributed by atoms with van der Waals surface area (Å²) in [5.74, 6) is 1.64. The lowest BCUT2D eigenvalue weighted by Gasteiger charge is -2.33. The largest absolute Gasteiger partial charge is 0.457 e. The Kier molecular flexibility index (Phi) is 3.22. The minimum atomic E-state index is -0.463. The van der Waals surface area contributed by atoms with Crippen LogP contribution >= 0.6 is 15.9 Å². The molecule has 0 bridgehead atoms. The smallest absolute Gasteiger partial charge is 0.262 e. The minimum Gasteiger partial charge on any atom is -0.457 e. The van der Waals surface area contributed by atoms with Crippen molar-refractivity contribution in [2.75, 3.05) is 0 Å². The predicted octanol–water partition coefficient (Wildman–Crippen LogP) is 3.46. The Hall–Kier alpha value is -1.14.